The monoisotopic (exact) mass is 660 g/mol. The van der Waals surface area contributed by atoms with Crippen LogP contribution in [0.5, 0.6) is 11.5 Å². The number of aryl methyl sites for hydroxylation is 1. The molecule has 0 aliphatic heterocycles. The van der Waals surface area contributed by atoms with Crippen LogP contribution < -0.4 is 20.9 Å². The summed E-state index contributed by atoms with van der Waals surface area (Å²) >= 11 is 0. The SMILES string of the molecule is CCCCCc1ccc(-c2cc3ccc(OCC(COC(=O)C(C)(C)C(N)CC(C)(C)N)C(F)(F)F)cc3o2)c(OC(F)(F)F)c1. The van der Waals surface area contributed by atoms with Gasteiger partial charge in [-0.2, -0.15) is 13.2 Å². The first kappa shape index (κ1) is 37.0. The first-order valence-corrected chi connectivity index (χ1v) is 15.0. The van der Waals surface area contributed by atoms with E-state index in [2.05, 4.69) is 4.74 Å². The molecule has 46 heavy (non-hydrogen) atoms. The molecule has 0 saturated heterocycles. The molecule has 0 amide bonds. The van der Waals surface area contributed by atoms with E-state index in [1.807, 2.05) is 6.92 Å². The first-order chi connectivity index (χ1) is 21.2. The summed E-state index contributed by atoms with van der Waals surface area (Å²) < 4.78 is 102. The van der Waals surface area contributed by atoms with Gasteiger partial charge in [-0.15, -0.1) is 13.2 Å². The third-order valence-electron chi connectivity index (χ3n) is 7.63. The lowest BCUT2D eigenvalue weighted by molar-refractivity contribution is -0.274. The molecule has 256 valence electrons. The zero-order valence-electron chi connectivity index (χ0n) is 26.6. The van der Waals surface area contributed by atoms with Crippen molar-refractivity contribution in [2.45, 2.75) is 90.8 Å². The van der Waals surface area contributed by atoms with Crippen molar-refractivity contribution < 1.29 is 49.8 Å². The van der Waals surface area contributed by atoms with Crippen molar-refractivity contribution in [2.75, 3.05) is 13.2 Å². The average molecular weight is 661 g/mol. The van der Waals surface area contributed by atoms with Gasteiger partial charge >= 0.3 is 18.5 Å². The Balaban J connectivity index is 1.76. The molecule has 2 atom stereocenters. The number of furan rings is 1. The average Bonchev–Trinajstić information content (AvgIpc) is 3.33. The number of hydrogen-bond acceptors (Lipinski definition) is 7. The van der Waals surface area contributed by atoms with Gasteiger partial charge in [0, 0.05) is 23.0 Å². The predicted octanol–water partition coefficient (Wildman–Crippen LogP) is 8.31. The van der Waals surface area contributed by atoms with Gasteiger partial charge in [0.2, 0.25) is 0 Å². The normalized spacial score (nSPS) is 14.3. The minimum atomic E-state index is -4.93. The van der Waals surface area contributed by atoms with Crippen LogP contribution in [-0.2, 0) is 16.0 Å². The van der Waals surface area contributed by atoms with E-state index in [9.17, 15) is 31.1 Å². The van der Waals surface area contributed by atoms with Crippen LogP contribution in [0.25, 0.3) is 22.3 Å². The Morgan fingerprint density at radius 3 is 2.24 bits per heavy atom. The van der Waals surface area contributed by atoms with E-state index >= 15 is 0 Å². The molecule has 0 aliphatic carbocycles. The van der Waals surface area contributed by atoms with Gasteiger partial charge in [-0.05, 0) is 82.9 Å². The lowest BCUT2D eigenvalue weighted by Crippen LogP contribution is -2.50. The molecule has 0 fully saturated rings. The number of esters is 1. The third kappa shape index (κ3) is 10.5. The second-order valence-corrected chi connectivity index (χ2v) is 12.8. The molecule has 1 heterocycles. The third-order valence-corrected chi connectivity index (χ3v) is 7.63. The van der Waals surface area contributed by atoms with Crippen molar-refractivity contribution in [3.63, 3.8) is 0 Å². The van der Waals surface area contributed by atoms with Gasteiger partial charge in [0.1, 0.15) is 42.0 Å². The molecule has 0 bridgehead atoms. The highest BCUT2D eigenvalue weighted by Gasteiger charge is 2.44. The van der Waals surface area contributed by atoms with Gasteiger partial charge < -0.3 is 30.1 Å². The summed E-state index contributed by atoms with van der Waals surface area (Å²) in [6.45, 7) is 6.57. The lowest BCUT2D eigenvalue weighted by atomic mass is 9.79. The summed E-state index contributed by atoms with van der Waals surface area (Å²) in [4.78, 5) is 12.7. The standard InChI is InChI=1S/C33H42F6N2O5/c1-6-7-8-9-20-10-13-24(27(14-20)46-33(37,38)39)26-15-21-11-12-23(16-25(21)45-26)43-18-22(32(34,35)36)19-44-29(42)31(4,5)28(40)17-30(2,3)41/h10-16,22,28H,6-9,17-19,40-41H2,1-5H3. The maximum absolute atomic E-state index is 13.8. The molecule has 1 aromatic heterocycles. The lowest BCUT2D eigenvalue weighted by Gasteiger charge is -2.34. The van der Waals surface area contributed by atoms with Crippen molar-refractivity contribution in [1.82, 2.24) is 0 Å². The fraction of sp³-hybridized carbons (Fsp3) is 0.545. The number of alkyl halides is 6. The second kappa shape index (κ2) is 14.5. The van der Waals surface area contributed by atoms with E-state index in [-0.39, 0.29) is 29.1 Å². The zero-order valence-corrected chi connectivity index (χ0v) is 26.6. The van der Waals surface area contributed by atoms with E-state index in [4.69, 9.17) is 25.4 Å². The Bertz CT molecular complexity index is 1460. The van der Waals surface area contributed by atoms with Crippen LogP contribution in [0.4, 0.5) is 26.3 Å². The molecule has 7 nitrogen and oxygen atoms in total. The van der Waals surface area contributed by atoms with Gasteiger partial charge in [-0.1, -0.05) is 25.8 Å². The highest BCUT2D eigenvalue weighted by atomic mass is 19.4. The van der Waals surface area contributed by atoms with Gasteiger partial charge in [-0.3, -0.25) is 4.79 Å². The van der Waals surface area contributed by atoms with E-state index in [1.165, 1.54) is 50.2 Å². The van der Waals surface area contributed by atoms with Gasteiger partial charge in [-0.25, -0.2) is 0 Å². The van der Waals surface area contributed by atoms with Crippen LogP contribution >= 0.6 is 0 Å². The fourth-order valence-electron chi connectivity index (χ4n) is 4.72. The Hall–Kier alpha value is -3.45. The summed E-state index contributed by atoms with van der Waals surface area (Å²) in [6.07, 6.45) is -6.17. The topological polar surface area (TPSA) is 110 Å². The van der Waals surface area contributed by atoms with Crippen LogP contribution in [-0.4, -0.2) is 43.3 Å². The van der Waals surface area contributed by atoms with Crippen molar-refractivity contribution in [3.05, 3.63) is 48.0 Å². The van der Waals surface area contributed by atoms with Crippen LogP contribution in [0.15, 0.2) is 46.9 Å². The van der Waals surface area contributed by atoms with Crippen LogP contribution in [0.3, 0.4) is 0 Å². The number of fused-ring (bicyclic) bond motifs is 1. The number of unbranched alkanes of at least 4 members (excludes halogenated alkanes) is 2. The summed E-state index contributed by atoms with van der Waals surface area (Å²) in [7, 11) is 0. The number of carbonyl (C=O) groups excluding carboxylic acids is 1. The Morgan fingerprint density at radius 1 is 0.935 bits per heavy atom. The number of rotatable bonds is 15. The summed E-state index contributed by atoms with van der Waals surface area (Å²) in [5, 5.41) is 0.479. The number of benzene rings is 2. The van der Waals surface area contributed by atoms with Gasteiger partial charge in [0.05, 0.1) is 11.0 Å². The maximum atomic E-state index is 13.8. The van der Waals surface area contributed by atoms with Gasteiger partial charge in [0.25, 0.3) is 0 Å². The minimum absolute atomic E-state index is 0.0135. The van der Waals surface area contributed by atoms with Crippen LogP contribution in [0, 0.1) is 11.3 Å². The molecule has 3 aromatic rings. The number of nitrogens with two attached hydrogens (primary N) is 2. The molecule has 13 heteroatoms. The minimum Gasteiger partial charge on any atom is -0.493 e. The van der Waals surface area contributed by atoms with Crippen molar-refractivity contribution >= 4 is 16.9 Å². The zero-order chi connectivity index (χ0) is 34.5. The van der Waals surface area contributed by atoms with Crippen molar-refractivity contribution in [1.29, 1.82) is 0 Å². The molecule has 0 saturated carbocycles. The van der Waals surface area contributed by atoms with Crippen molar-refractivity contribution in [2.24, 2.45) is 22.8 Å². The fourth-order valence-corrected chi connectivity index (χ4v) is 4.72. The van der Waals surface area contributed by atoms with Crippen molar-refractivity contribution in [3.8, 4) is 22.8 Å². The largest absolute Gasteiger partial charge is 0.573 e. The number of hydrogen-bond donors (Lipinski definition) is 2. The van der Waals surface area contributed by atoms with E-state index in [1.54, 1.807) is 19.9 Å². The highest BCUT2D eigenvalue weighted by Crippen LogP contribution is 2.39. The quantitative estimate of drug-likeness (QED) is 0.0959. The van der Waals surface area contributed by atoms with Gasteiger partial charge in [0.15, 0.2) is 0 Å². The predicted molar refractivity (Wildman–Crippen MR) is 162 cm³/mol. The second-order valence-electron chi connectivity index (χ2n) is 12.8. The van der Waals surface area contributed by atoms with Crippen LogP contribution in [0.2, 0.25) is 0 Å². The summed E-state index contributed by atoms with van der Waals surface area (Å²) in [5.41, 5.74) is 11.0. The molecular formula is C33H42F6N2O5. The summed E-state index contributed by atoms with van der Waals surface area (Å²) in [5.74, 6) is -3.39. The maximum Gasteiger partial charge on any atom is 0.573 e. The Morgan fingerprint density at radius 2 is 1.63 bits per heavy atom. The van der Waals surface area contributed by atoms with Crippen LogP contribution in [0.1, 0.15) is 65.9 Å². The van der Waals surface area contributed by atoms with E-state index in [0.717, 1.165) is 19.3 Å². The van der Waals surface area contributed by atoms with E-state index in [0.29, 0.717) is 17.4 Å². The number of halogens is 6. The smallest absolute Gasteiger partial charge is 0.493 e. The molecular weight excluding hydrogens is 618 g/mol. The molecule has 3 rings (SSSR count). The number of carbonyl (C=O) groups is 1. The molecule has 0 aliphatic rings. The number of ether oxygens (including phenoxy) is 3. The Kier molecular flexibility index (Phi) is 11.7. The van der Waals surface area contributed by atoms with E-state index < -0.39 is 60.4 Å². The molecule has 0 spiro atoms. The molecule has 2 unspecified atom stereocenters. The summed E-state index contributed by atoms with van der Waals surface area (Å²) in [6, 6.07) is 9.51. The molecule has 2 aromatic carbocycles. The molecule has 4 N–H and O–H groups in total. The first-order valence-electron chi connectivity index (χ1n) is 15.0. The molecule has 0 radical (unpaired) electrons. The Labute approximate surface area is 264 Å². The highest BCUT2D eigenvalue weighted by molar-refractivity contribution is 5.85.